The molecule has 2 N–H and O–H groups in total. The van der Waals surface area contributed by atoms with Crippen molar-refractivity contribution in [3.8, 4) is 17.8 Å². The van der Waals surface area contributed by atoms with Gasteiger partial charge in [0.05, 0.1) is 11.4 Å². The second kappa shape index (κ2) is 8.32. The highest BCUT2D eigenvalue weighted by atomic mass is 16.2. The van der Waals surface area contributed by atoms with Gasteiger partial charge >= 0.3 is 6.03 Å². The van der Waals surface area contributed by atoms with Crippen LogP contribution < -0.4 is 5.73 Å². The van der Waals surface area contributed by atoms with E-state index in [4.69, 9.17) is 5.73 Å². The monoisotopic (exact) mass is 430 g/mol. The van der Waals surface area contributed by atoms with Crippen LogP contribution in [0, 0.1) is 22.7 Å². The van der Waals surface area contributed by atoms with Crippen molar-refractivity contribution in [2.75, 3.05) is 19.8 Å². The highest BCUT2D eigenvalue weighted by Gasteiger charge is 2.28. The topological polar surface area (TPSA) is 154 Å². The molecule has 0 unspecified atom stereocenters. The molecule has 2 heterocycles. The summed E-state index contributed by atoms with van der Waals surface area (Å²) in [5, 5.41) is 31.7. The number of nitriles is 2. The largest absolute Gasteiger partial charge is 0.382 e. The molecule has 0 fully saturated rings. The summed E-state index contributed by atoms with van der Waals surface area (Å²) in [6, 6.07) is 12.4. The molecule has 0 aliphatic rings. The normalized spacial score (nSPS) is 11.3. The average molecular weight is 430 g/mol. The van der Waals surface area contributed by atoms with Crippen LogP contribution in [-0.4, -0.2) is 44.4 Å². The molecule has 0 bridgehead atoms. The number of nitrogen functional groups attached to an aromatic ring is 1. The van der Waals surface area contributed by atoms with E-state index in [9.17, 15) is 15.3 Å². The van der Waals surface area contributed by atoms with Crippen molar-refractivity contribution in [3.63, 3.8) is 0 Å². The molecule has 0 saturated heterocycles. The van der Waals surface area contributed by atoms with E-state index in [1.54, 1.807) is 10.8 Å². The van der Waals surface area contributed by atoms with Crippen LogP contribution in [0.25, 0.3) is 5.69 Å². The molecule has 32 heavy (non-hydrogen) atoms. The molecule has 3 aromatic rings. The van der Waals surface area contributed by atoms with Crippen molar-refractivity contribution < 1.29 is 4.79 Å². The number of rotatable bonds is 3. The lowest BCUT2D eigenvalue weighted by Crippen LogP contribution is -2.28. The van der Waals surface area contributed by atoms with Gasteiger partial charge < -0.3 is 10.6 Å². The summed E-state index contributed by atoms with van der Waals surface area (Å²) in [5.41, 5.74) is 7.15. The first-order valence-electron chi connectivity index (χ1n) is 9.60. The predicted molar refractivity (Wildman–Crippen MR) is 117 cm³/mol. The first kappa shape index (κ1) is 22.2. The maximum Gasteiger partial charge on any atom is 0.331 e. The smallest absolute Gasteiger partial charge is 0.331 e. The third-order valence-electron chi connectivity index (χ3n) is 4.49. The van der Waals surface area contributed by atoms with Crippen LogP contribution in [0.3, 0.4) is 0 Å². The third-order valence-corrected chi connectivity index (χ3v) is 4.49. The van der Waals surface area contributed by atoms with Gasteiger partial charge in [0.1, 0.15) is 12.1 Å². The Morgan fingerprint density at radius 3 is 2.31 bits per heavy atom. The number of aromatic nitrogens is 4. The number of carbonyl (C=O) groups excluding carboxylic acids is 1. The summed E-state index contributed by atoms with van der Waals surface area (Å²) in [5.74, 6) is 0.0476. The Morgan fingerprint density at radius 2 is 1.78 bits per heavy atom. The van der Waals surface area contributed by atoms with E-state index in [1.807, 2.05) is 57.2 Å². The van der Waals surface area contributed by atoms with E-state index >= 15 is 0 Å². The summed E-state index contributed by atoms with van der Waals surface area (Å²) < 4.78 is 2.50. The number of hydrogen-bond acceptors (Lipinski definition) is 8. The fourth-order valence-electron chi connectivity index (χ4n) is 2.93. The Kier molecular flexibility index (Phi) is 5.77. The Balaban J connectivity index is 2.20. The van der Waals surface area contributed by atoms with Crippen molar-refractivity contribution in [2.45, 2.75) is 26.2 Å². The Hall–Kier alpha value is -4.51. The standard InChI is InChI=1S/C21H22N10O/c1-21(2,3)17-16(18(24)31(28-17)13-9-7-6-8-10-13)26-27-19-25-14(11-22)15(12-23)30(19)20(32)29(4)5/h6-10H,24H2,1-5H3. The molecule has 0 aliphatic carbocycles. The summed E-state index contributed by atoms with van der Waals surface area (Å²) in [7, 11) is 3.02. The molecule has 162 valence electrons. The second-order valence-electron chi connectivity index (χ2n) is 8.12. The van der Waals surface area contributed by atoms with E-state index in [2.05, 4.69) is 20.3 Å². The highest BCUT2D eigenvalue weighted by Crippen LogP contribution is 2.37. The minimum absolute atomic E-state index is 0.205. The van der Waals surface area contributed by atoms with E-state index < -0.39 is 11.4 Å². The van der Waals surface area contributed by atoms with Crippen molar-refractivity contribution in [2.24, 2.45) is 10.2 Å². The first-order valence-corrected chi connectivity index (χ1v) is 9.60. The molecule has 1 aromatic carbocycles. The lowest BCUT2D eigenvalue weighted by molar-refractivity contribution is 0.219. The predicted octanol–water partition coefficient (Wildman–Crippen LogP) is 3.64. The number of benzene rings is 1. The van der Waals surface area contributed by atoms with Gasteiger partial charge in [-0.3, -0.25) is 0 Å². The molecule has 11 heteroatoms. The van der Waals surface area contributed by atoms with Crippen molar-refractivity contribution in [3.05, 3.63) is 47.4 Å². The summed E-state index contributed by atoms with van der Waals surface area (Å²) in [4.78, 5) is 17.9. The number of azo groups is 1. The van der Waals surface area contributed by atoms with Gasteiger partial charge in [0.15, 0.2) is 22.9 Å². The average Bonchev–Trinajstić information content (AvgIpc) is 3.29. The van der Waals surface area contributed by atoms with Crippen molar-refractivity contribution >= 4 is 23.5 Å². The summed E-state index contributed by atoms with van der Waals surface area (Å²) in [6.45, 7) is 5.88. The van der Waals surface area contributed by atoms with Crippen LogP contribution in [0.4, 0.5) is 22.2 Å². The molecule has 3 rings (SSSR count). The molecule has 0 spiro atoms. The quantitative estimate of drug-likeness (QED) is 0.626. The maximum absolute atomic E-state index is 12.6. The number of carbonyl (C=O) groups is 1. The SMILES string of the molecule is CN(C)C(=O)n1c(N=Nc2c(C(C)(C)C)nn(-c3ccccc3)c2N)nc(C#N)c1C#N. The Bertz CT molecular complexity index is 1280. The number of nitrogens with zero attached hydrogens (tertiary/aromatic N) is 9. The minimum Gasteiger partial charge on any atom is -0.382 e. The number of hydrogen-bond donors (Lipinski definition) is 1. The van der Waals surface area contributed by atoms with Gasteiger partial charge in [0.25, 0.3) is 5.95 Å². The van der Waals surface area contributed by atoms with E-state index in [1.165, 1.54) is 19.0 Å². The van der Waals surface area contributed by atoms with Crippen LogP contribution in [-0.2, 0) is 5.41 Å². The number of anilines is 1. The van der Waals surface area contributed by atoms with Gasteiger partial charge in [-0.25, -0.2) is 14.0 Å². The lowest BCUT2D eigenvalue weighted by Gasteiger charge is -2.15. The highest BCUT2D eigenvalue weighted by molar-refractivity contribution is 5.81. The van der Waals surface area contributed by atoms with Crippen LogP contribution in [0.2, 0.25) is 0 Å². The van der Waals surface area contributed by atoms with Gasteiger partial charge in [-0.2, -0.15) is 20.6 Å². The molecule has 0 saturated carbocycles. The van der Waals surface area contributed by atoms with Gasteiger partial charge in [0.2, 0.25) is 0 Å². The Labute approximate surface area is 185 Å². The van der Waals surface area contributed by atoms with Gasteiger partial charge in [0, 0.05) is 19.5 Å². The van der Waals surface area contributed by atoms with Crippen molar-refractivity contribution in [1.29, 1.82) is 10.5 Å². The lowest BCUT2D eigenvalue weighted by atomic mass is 9.91. The number of imidazole rings is 1. The van der Waals surface area contributed by atoms with Crippen LogP contribution in [0.5, 0.6) is 0 Å². The van der Waals surface area contributed by atoms with Crippen molar-refractivity contribution in [1.82, 2.24) is 24.2 Å². The van der Waals surface area contributed by atoms with Gasteiger partial charge in [-0.1, -0.05) is 39.0 Å². The Morgan fingerprint density at radius 1 is 1.12 bits per heavy atom. The minimum atomic E-state index is -0.589. The molecule has 2 aromatic heterocycles. The molecule has 0 atom stereocenters. The van der Waals surface area contributed by atoms with E-state index in [-0.39, 0.29) is 23.2 Å². The molecule has 1 amide bonds. The fourth-order valence-corrected chi connectivity index (χ4v) is 2.93. The van der Waals surface area contributed by atoms with Gasteiger partial charge in [-0.15, -0.1) is 10.2 Å². The molecular formula is C21H22N10O. The second-order valence-corrected chi connectivity index (χ2v) is 8.12. The zero-order valence-electron chi connectivity index (χ0n) is 18.4. The molecular weight excluding hydrogens is 408 g/mol. The summed E-state index contributed by atoms with van der Waals surface area (Å²) in [6.07, 6.45) is 0. The zero-order chi connectivity index (χ0) is 23.6. The number of nitrogens with two attached hydrogens (primary N) is 1. The summed E-state index contributed by atoms with van der Waals surface area (Å²) >= 11 is 0. The third kappa shape index (κ3) is 3.91. The molecule has 0 radical (unpaired) electrons. The fraction of sp³-hybridized carbons (Fsp3) is 0.286. The number of amides is 1. The maximum atomic E-state index is 12.6. The van der Waals surface area contributed by atoms with E-state index in [0.717, 1.165) is 10.3 Å². The zero-order valence-corrected chi connectivity index (χ0v) is 18.4. The molecule has 0 aliphatic heterocycles. The van der Waals surface area contributed by atoms with Crippen LogP contribution >= 0.6 is 0 Å². The first-order chi connectivity index (χ1) is 15.1. The van der Waals surface area contributed by atoms with Crippen LogP contribution in [0.1, 0.15) is 37.9 Å². The van der Waals surface area contributed by atoms with Crippen LogP contribution in [0.15, 0.2) is 40.6 Å². The molecule has 11 nitrogen and oxygen atoms in total. The van der Waals surface area contributed by atoms with E-state index in [0.29, 0.717) is 11.4 Å². The number of para-hydroxylation sites is 1. The van der Waals surface area contributed by atoms with Gasteiger partial charge in [-0.05, 0) is 12.1 Å².